The van der Waals surface area contributed by atoms with Crippen molar-refractivity contribution in [2.45, 2.75) is 16.7 Å². The van der Waals surface area contributed by atoms with Crippen molar-refractivity contribution >= 4 is 25.9 Å². The van der Waals surface area contributed by atoms with E-state index in [2.05, 4.69) is 5.32 Å². The Morgan fingerprint density at radius 1 is 1.06 bits per heavy atom. The third-order valence-corrected chi connectivity index (χ3v) is 3.74. The third kappa shape index (κ3) is 2.94. The van der Waals surface area contributed by atoms with Gasteiger partial charge in [-0.3, -0.25) is 14.4 Å². The summed E-state index contributed by atoms with van der Waals surface area (Å²) >= 11 is 0. The number of rotatable bonds is 3. The maximum atomic E-state index is 11.1. The van der Waals surface area contributed by atoms with Crippen LogP contribution in [0.5, 0.6) is 0 Å². The molecule has 0 unspecified atom stereocenters. The van der Waals surface area contributed by atoms with E-state index in [1.165, 1.54) is 14.0 Å². The predicted octanol–water partition coefficient (Wildman–Crippen LogP) is 0.354. The Kier molecular flexibility index (Phi) is 3.48. The van der Waals surface area contributed by atoms with Crippen molar-refractivity contribution in [2.75, 3.05) is 7.05 Å². The van der Waals surface area contributed by atoms with Gasteiger partial charge in [-0.2, -0.15) is 16.8 Å². The summed E-state index contributed by atoms with van der Waals surface area (Å²) < 4.78 is 61.7. The van der Waals surface area contributed by atoms with E-state index in [1.807, 2.05) is 0 Å². The molecule has 0 saturated carbocycles. The topological polar surface area (TPSA) is 123 Å². The molecule has 0 aromatic heterocycles. The van der Waals surface area contributed by atoms with Gasteiger partial charge in [0.05, 0.1) is 10.6 Å². The second kappa shape index (κ2) is 4.26. The lowest BCUT2D eigenvalue weighted by Crippen LogP contribution is -2.08. The molecule has 1 rings (SSSR count). The van der Waals surface area contributed by atoms with Crippen LogP contribution in [0, 0.1) is 6.92 Å². The highest BCUT2D eigenvalue weighted by Gasteiger charge is 2.22. The fourth-order valence-electron chi connectivity index (χ4n) is 1.35. The van der Waals surface area contributed by atoms with Crippen LogP contribution in [0.15, 0.2) is 21.9 Å². The highest BCUT2D eigenvalue weighted by atomic mass is 32.2. The number of nitrogens with zero attached hydrogens (tertiary/aromatic N) is 1. The molecule has 0 bridgehead atoms. The van der Waals surface area contributed by atoms with Gasteiger partial charge in [0, 0.05) is 7.05 Å². The van der Waals surface area contributed by atoms with Gasteiger partial charge in [0.1, 0.15) is 4.90 Å². The van der Waals surface area contributed by atoms with Crippen LogP contribution in [0.4, 0.5) is 5.69 Å². The monoisotopic (exact) mass is 280 g/mol. The normalized spacial score (nSPS) is 12.5. The minimum Gasteiger partial charge on any atom is -0.287 e. The van der Waals surface area contributed by atoms with E-state index >= 15 is 0 Å². The van der Waals surface area contributed by atoms with Gasteiger partial charge in [-0.15, -0.1) is 0 Å². The highest BCUT2D eigenvalue weighted by Crippen LogP contribution is 2.28. The van der Waals surface area contributed by atoms with Crippen molar-refractivity contribution in [1.29, 1.82) is 0 Å². The Balaban J connectivity index is 3.75. The summed E-state index contributed by atoms with van der Waals surface area (Å²) in [6, 6.07) is 1.71. The summed E-state index contributed by atoms with van der Waals surface area (Å²) in [5.41, 5.74) is 0.148. The van der Waals surface area contributed by atoms with Crippen LogP contribution in [0.2, 0.25) is 0 Å². The molecule has 95 valence electrons. The number of benzene rings is 1. The molecular formula is C8H10NO6S2. The van der Waals surface area contributed by atoms with Crippen LogP contribution in [0.25, 0.3) is 0 Å². The maximum Gasteiger partial charge on any atom is 0.296 e. The predicted molar refractivity (Wildman–Crippen MR) is 58.5 cm³/mol. The zero-order valence-electron chi connectivity index (χ0n) is 8.95. The Hall–Kier alpha value is -1.16. The first kappa shape index (κ1) is 13.9. The molecule has 17 heavy (non-hydrogen) atoms. The van der Waals surface area contributed by atoms with Crippen LogP contribution in [-0.2, 0) is 20.2 Å². The van der Waals surface area contributed by atoms with Crippen LogP contribution < -0.4 is 5.32 Å². The summed E-state index contributed by atoms with van der Waals surface area (Å²) in [5.74, 6) is 0. The fraction of sp³-hybridized carbons (Fsp3) is 0.250. The van der Waals surface area contributed by atoms with Crippen molar-refractivity contribution < 1.29 is 25.9 Å². The van der Waals surface area contributed by atoms with E-state index in [1.54, 1.807) is 0 Å². The van der Waals surface area contributed by atoms with Crippen molar-refractivity contribution in [3.05, 3.63) is 17.7 Å². The summed E-state index contributed by atoms with van der Waals surface area (Å²) in [6.07, 6.45) is 0. The zero-order valence-corrected chi connectivity index (χ0v) is 10.6. The molecule has 0 spiro atoms. The molecule has 1 aromatic carbocycles. The number of aryl methyl sites for hydroxylation is 1. The van der Waals surface area contributed by atoms with E-state index < -0.39 is 30.0 Å². The highest BCUT2D eigenvalue weighted by molar-refractivity contribution is 7.86. The average Bonchev–Trinajstić information content (AvgIpc) is 2.13. The second-order valence-electron chi connectivity index (χ2n) is 3.26. The summed E-state index contributed by atoms with van der Waals surface area (Å²) in [7, 11) is -7.87. The van der Waals surface area contributed by atoms with Gasteiger partial charge in [0.15, 0.2) is 0 Å². The summed E-state index contributed by atoms with van der Waals surface area (Å²) in [4.78, 5) is -1.28. The Morgan fingerprint density at radius 3 is 1.94 bits per heavy atom. The molecule has 9 heteroatoms. The van der Waals surface area contributed by atoms with Gasteiger partial charge in [-0.25, -0.2) is 0 Å². The fourth-order valence-corrected chi connectivity index (χ4v) is 2.79. The molecule has 1 aromatic rings. The smallest absolute Gasteiger partial charge is 0.287 e. The van der Waals surface area contributed by atoms with E-state index in [0.717, 1.165) is 6.07 Å². The van der Waals surface area contributed by atoms with Crippen LogP contribution in [-0.4, -0.2) is 33.0 Å². The molecule has 2 N–H and O–H groups in total. The third-order valence-electron chi connectivity index (χ3n) is 2.04. The SMILES string of the molecule is C[N]c1c(C)cc(S(=O)(=O)O)cc1S(=O)(=O)O. The van der Waals surface area contributed by atoms with E-state index in [9.17, 15) is 16.8 Å². The van der Waals surface area contributed by atoms with Crippen LogP contribution in [0.1, 0.15) is 5.56 Å². The van der Waals surface area contributed by atoms with E-state index in [4.69, 9.17) is 9.11 Å². The molecule has 0 aliphatic rings. The van der Waals surface area contributed by atoms with Gasteiger partial charge >= 0.3 is 0 Å². The molecule has 1 radical (unpaired) electrons. The first-order valence-corrected chi connectivity index (χ1v) is 7.15. The lowest BCUT2D eigenvalue weighted by molar-refractivity contribution is 0.481. The molecule has 7 nitrogen and oxygen atoms in total. The molecule has 0 amide bonds. The molecular weight excluding hydrogens is 270 g/mol. The molecule has 0 saturated heterocycles. The maximum absolute atomic E-state index is 11.1. The van der Waals surface area contributed by atoms with Gasteiger partial charge in [0.2, 0.25) is 0 Å². The lowest BCUT2D eigenvalue weighted by Gasteiger charge is -2.09. The lowest BCUT2D eigenvalue weighted by atomic mass is 10.2. The summed E-state index contributed by atoms with van der Waals surface area (Å²) in [5, 5.41) is 3.64. The standard InChI is InChI=1S/C8H10NO6S2/c1-5-3-6(16(10,11)12)4-7(8(5)9-2)17(13,14)15/h3-4H,1-2H3,(H,10,11,12)(H,13,14,15). The van der Waals surface area contributed by atoms with Crippen LogP contribution >= 0.6 is 0 Å². The van der Waals surface area contributed by atoms with Gasteiger partial charge < -0.3 is 0 Å². The average molecular weight is 280 g/mol. The van der Waals surface area contributed by atoms with Crippen molar-refractivity contribution in [2.24, 2.45) is 0 Å². The molecule has 0 aliphatic carbocycles. The molecule has 0 aliphatic heterocycles. The number of hydrogen-bond donors (Lipinski definition) is 2. The van der Waals surface area contributed by atoms with E-state index in [0.29, 0.717) is 6.07 Å². The van der Waals surface area contributed by atoms with Crippen molar-refractivity contribution in [1.82, 2.24) is 5.32 Å². The van der Waals surface area contributed by atoms with Gasteiger partial charge in [-0.05, 0) is 24.6 Å². The zero-order chi connectivity index (χ0) is 13.4. The first-order chi connectivity index (χ1) is 7.57. The molecule has 0 atom stereocenters. The first-order valence-electron chi connectivity index (χ1n) is 4.27. The van der Waals surface area contributed by atoms with Gasteiger partial charge in [0.25, 0.3) is 20.2 Å². The quantitative estimate of drug-likeness (QED) is 0.770. The largest absolute Gasteiger partial charge is 0.296 e. The van der Waals surface area contributed by atoms with Crippen LogP contribution in [0.3, 0.4) is 0 Å². The molecule has 0 fully saturated rings. The number of hydrogen-bond acceptors (Lipinski definition) is 4. The Bertz CT molecular complexity index is 647. The Labute approximate surface area is 99.0 Å². The molecule has 0 heterocycles. The van der Waals surface area contributed by atoms with Gasteiger partial charge in [-0.1, -0.05) is 0 Å². The minimum absolute atomic E-state index is 0.0556. The van der Waals surface area contributed by atoms with Crippen molar-refractivity contribution in [3.63, 3.8) is 0 Å². The summed E-state index contributed by atoms with van der Waals surface area (Å²) in [6.45, 7) is 1.41. The second-order valence-corrected chi connectivity index (χ2v) is 6.07. The van der Waals surface area contributed by atoms with Crippen molar-refractivity contribution in [3.8, 4) is 0 Å². The Morgan fingerprint density at radius 2 is 1.59 bits per heavy atom. The van der Waals surface area contributed by atoms with E-state index in [-0.39, 0.29) is 11.3 Å². The minimum atomic E-state index is -4.62.